The summed E-state index contributed by atoms with van der Waals surface area (Å²) < 4.78 is 16.5. The molecule has 126 valence electrons. The number of carbonyl (C=O) groups is 1. The molecule has 0 spiro atoms. The lowest BCUT2D eigenvalue weighted by Gasteiger charge is -2.22. The monoisotopic (exact) mass is 326 g/mol. The van der Waals surface area contributed by atoms with Crippen LogP contribution in [-0.4, -0.2) is 31.9 Å². The Balaban J connectivity index is 1.54. The number of para-hydroxylation sites is 1. The largest absolute Gasteiger partial charge is 0.481 e. The fourth-order valence-electron chi connectivity index (χ4n) is 2.75. The summed E-state index contributed by atoms with van der Waals surface area (Å²) in [6, 6.07) is 17.6. The van der Waals surface area contributed by atoms with Gasteiger partial charge in [0.2, 0.25) is 0 Å². The van der Waals surface area contributed by atoms with Crippen LogP contribution in [0, 0.1) is 0 Å². The molecule has 1 atom stereocenters. The lowest BCUT2D eigenvalue weighted by molar-refractivity contribution is -0.151. The minimum atomic E-state index is -0.368. The SMILES string of the molecule is O=C(COc1ccccc1-c1ccccc1)OCC1CCCCO1. The van der Waals surface area contributed by atoms with Gasteiger partial charge in [0, 0.05) is 12.2 Å². The van der Waals surface area contributed by atoms with Crippen LogP contribution in [0.25, 0.3) is 11.1 Å². The Morgan fingerprint density at radius 2 is 1.83 bits per heavy atom. The second kappa shape index (κ2) is 8.50. The smallest absolute Gasteiger partial charge is 0.344 e. The molecule has 1 heterocycles. The average molecular weight is 326 g/mol. The molecule has 0 N–H and O–H groups in total. The van der Waals surface area contributed by atoms with E-state index in [1.807, 2.05) is 54.6 Å². The van der Waals surface area contributed by atoms with E-state index >= 15 is 0 Å². The zero-order valence-electron chi connectivity index (χ0n) is 13.6. The number of hydrogen-bond acceptors (Lipinski definition) is 4. The molecule has 1 unspecified atom stereocenters. The summed E-state index contributed by atoms with van der Waals surface area (Å²) in [6.07, 6.45) is 3.19. The minimum Gasteiger partial charge on any atom is -0.481 e. The Hall–Kier alpha value is -2.33. The summed E-state index contributed by atoms with van der Waals surface area (Å²) in [5, 5.41) is 0. The van der Waals surface area contributed by atoms with Gasteiger partial charge in [0.25, 0.3) is 0 Å². The normalized spacial score (nSPS) is 17.2. The maximum absolute atomic E-state index is 11.9. The van der Waals surface area contributed by atoms with Gasteiger partial charge in [-0.3, -0.25) is 0 Å². The molecule has 3 rings (SSSR count). The van der Waals surface area contributed by atoms with Crippen molar-refractivity contribution in [1.82, 2.24) is 0 Å². The van der Waals surface area contributed by atoms with Crippen molar-refractivity contribution in [1.29, 1.82) is 0 Å². The summed E-state index contributed by atoms with van der Waals surface area (Å²) in [6.45, 7) is 0.961. The molecular formula is C20H22O4. The second-order valence-electron chi connectivity index (χ2n) is 5.82. The van der Waals surface area contributed by atoms with Gasteiger partial charge in [-0.05, 0) is 30.9 Å². The fraction of sp³-hybridized carbons (Fsp3) is 0.350. The van der Waals surface area contributed by atoms with E-state index in [1.165, 1.54) is 0 Å². The minimum absolute atomic E-state index is 0.0271. The highest BCUT2D eigenvalue weighted by Crippen LogP contribution is 2.29. The molecule has 2 aromatic carbocycles. The number of carbonyl (C=O) groups excluding carboxylic acids is 1. The Morgan fingerprint density at radius 1 is 1.04 bits per heavy atom. The number of hydrogen-bond donors (Lipinski definition) is 0. The highest BCUT2D eigenvalue weighted by Gasteiger charge is 2.16. The molecule has 0 aliphatic carbocycles. The fourth-order valence-corrected chi connectivity index (χ4v) is 2.75. The van der Waals surface area contributed by atoms with Crippen molar-refractivity contribution in [3.63, 3.8) is 0 Å². The van der Waals surface area contributed by atoms with Gasteiger partial charge in [0.1, 0.15) is 12.4 Å². The molecule has 0 radical (unpaired) electrons. The Kier molecular flexibility index (Phi) is 5.85. The van der Waals surface area contributed by atoms with Gasteiger partial charge in [-0.2, -0.15) is 0 Å². The summed E-state index contributed by atoms with van der Waals surface area (Å²) in [7, 11) is 0. The van der Waals surface area contributed by atoms with Crippen molar-refractivity contribution in [2.45, 2.75) is 25.4 Å². The van der Waals surface area contributed by atoms with Crippen LogP contribution in [0.1, 0.15) is 19.3 Å². The van der Waals surface area contributed by atoms with E-state index < -0.39 is 0 Å². The van der Waals surface area contributed by atoms with E-state index in [1.54, 1.807) is 0 Å². The van der Waals surface area contributed by atoms with Gasteiger partial charge >= 0.3 is 5.97 Å². The maximum atomic E-state index is 11.9. The van der Waals surface area contributed by atoms with Crippen molar-refractivity contribution in [2.24, 2.45) is 0 Å². The Bertz CT molecular complexity index is 648. The predicted molar refractivity (Wildman–Crippen MR) is 91.9 cm³/mol. The first-order chi connectivity index (χ1) is 11.8. The van der Waals surface area contributed by atoms with Crippen molar-refractivity contribution < 1.29 is 19.0 Å². The molecule has 1 aliphatic heterocycles. The second-order valence-corrected chi connectivity index (χ2v) is 5.82. The lowest BCUT2D eigenvalue weighted by Crippen LogP contribution is -2.27. The average Bonchev–Trinajstić information content (AvgIpc) is 2.66. The molecule has 0 aromatic heterocycles. The standard InChI is InChI=1S/C20H22O4/c21-20(24-14-17-10-6-7-13-22-17)15-23-19-12-5-4-11-18(19)16-8-2-1-3-9-16/h1-5,8-9,11-12,17H,6-7,10,13-15H2. The zero-order chi connectivity index (χ0) is 16.6. The highest BCUT2D eigenvalue weighted by molar-refractivity contribution is 5.73. The van der Waals surface area contributed by atoms with Crippen LogP contribution >= 0.6 is 0 Å². The summed E-state index contributed by atoms with van der Waals surface area (Å²) in [5.74, 6) is 0.307. The Labute approximate surface area is 142 Å². The van der Waals surface area contributed by atoms with Crippen LogP contribution in [0.5, 0.6) is 5.75 Å². The zero-order valence-corrected chi connectivity index (χ0v) is 13.6. The van der Waals surface area contributed by atoms with Gasteiger partial charge in [-0.25, -0.2) is 4.79 Å². The molecule has 1 fully saturated rings. The molecule has 0 saturated carbocycles. The molecule has 24 heavy (non-hydrogen) atoms. The molecule has 0 amide bonds. The predicted octanol–water partition coefficient (Wildman–Crippen LogP) is 3.84. The van der Waals surface area contributed by atoms with Crippen LogP contribution in [0.4, 0.5) is 0 Å². The van der Waals surface area contributed by atoms with Crippen LogP contribution in [-0.2, 0) is 14.3 Å². The van der Waals surface area contributed by atoms with Crippen LogP contribution < -0.4 is 4.74 Å². The third kappa shape index (κ3) is 4.59. The van der Waals surface area contributed by atoms with E-state index in [9.17, 15) is 4.79 Å². The van der Waals surface area contributed by atoms with Gasteiger partial charge in [0.05, 0.1) is 6.10 Å². The maximum Gasteiger partial charge on any atom is 0.344 e. The highest BCUT2D eigenvalue weighted by atomic mass is 16.6. The summed E-state index contributed by atoms with van der Waals surface area (Å²) in [4.78, 5) is 11.9. The van der Waals surface area contributed by atoms with E-state index in [4.69, 9.17) is 14.2 Å². The first kappa shape index (κ1) is 16.5. The molecule has 4 heteroatoms. The van der Waals surface area contributed by atoms with E-state index in [0.29, 0.717) is 12.4 Å². The third-order valence-corrected chi connectivity index (χ3v) is 4.02. The number of benzene rings is 2. The molecule has 4 nitrogen and oxygen atoms in total. The first-order valence-corrected chi connectivity index (χ1v) is 8.37. The molecule has 2 aromatic rings. The van der Waals surface area contributed by atoms with E-state index in [-0.39, 0.29) is 18.7 Å². The van der Waals surface area contributed by atoms with Gasteiger partial charge in [-0.15, -0.1) is 0 Å². The van der Waals surface area contributed by atoms with Gasteiger partial charge < -0.3 is 14.2 Å². The molecular weight excluding hydrogens is 304 g/mol. The topological polar surface area (TPSA) is 44.8 Å². The van der Waals surface area contributed by atoms with E-state index in [0.717, 1.165) is 37.0 Å². The third-order valence-electron chi connectivity index (χ3n) is 4.02. The van der Waals surface area contributed by atoms with E-state index in [2.05, 4.69) is 0 Å². The van der Waals surface area contributed by atoms with Crippen molar-refractivity contribution in [2.75, 3.05) is 19.8 Å². The number of esters is 1. The van der Waals surface area contributed by atoms with Gasteiger partial charge in [-0.1, -0.05) is 48.5 Å². The molecule has 1 aliphatic rings. The van der Waals surface area contributed by atoms with Crippen LogP contribution in [0.2, 0.25) is 0 Å². The number of rotatable bonds is 6. The van der Waals surface area contributed by atoms with Crippen molar-refractivity contribution in [3.8, 4) is 16.9 Å². The van der Waals surface area contributed by atoms with Crippen LogP contribution in [0.15, 0.2) is 54.6 Å². The summed E-state index contributed by atoms with van der Waals surface area (Å²) >= 11 is 0. The summed E-state index contributed by atoms with van der Waals surface area (Å²) in [5.41, 5.74) is 2.01. The Morgan fingerprint density at radius 3 is 2.62 bits per heavy atom. The van der Waals surface area contributed by atoms with Gasteiger partial charge in [0.15, 0.2) is 6.61 Å². The number of ether oxygens (including phenoxy) is 3. The molecule has 1 saturated heterocycles. The lowest BCUT2D eigenvalue weighted by atomic mass is 10.1. The van der Waals surface area contributed by atoms with Crippen molar-refractivity contribution >= 4 is 5.97 Å². The molecule has 0 bridgehead atoms. The van der Waals surface area contributed by atoms with Crippen molar-refractivity contribution in [3.05, 3.63) is 54.6 Å². The van der Waals surface area contributed by atoms with Crippen LogP contribution in [0.3, 0.4) is 0 Å². The first-order valence-electron chi connectivity index (χ1n) is 8.37. The quantitative estimate of drug-likeness (QED) is 0.757.